The number of carboxylic acid groups (broad SMARTS) is 1. The Balaban J connectivity index is 2.71. The summed E-state index contributed by atoms with van der Waals surface area (Å²) in [7, 11) is 0. The lowest BCUT2D eigenvalue weighted by atomic mass is 10.2. The van der Waals surface area contributed by atoms with E-state index in [0.717, 1.165) is 25.7 Å². The van der Waals surface area contributed by atoms with E-state index in [1.165, 1.54) is 12.1 Å². The van der Waals surface area contributed by atoms with Gasteiger partial charge in [0.15, 0.2) is 5.75 Å². The Morgan fingerprint density at radius 3 is 2.61 bits per heavy atom. The third-order valence-electron chi connectivity index (χ3n) is 2.48. The van der Waals surface area contributed by atoms with Crippen LogP contribution in [0.1, 0.15) is 43.0 Å². The zero-order chi connectivity index (χ0) is 13.5. The lowest BCUT2D eigenvalue weighted by Crippen LogP contribution is -2.05. The van der Waals surface area contributed by atoms with Gasteiger partial charge in [0.1, 0.15) is 5.56 Å². The van der Waals surface area contributed by atoms with Gasteiger partial charge in [0, 0.05) is 5.02 Å². The van der Waals surface area contributed by atoms with Gasteiger partial charge in [-0.3, -0.25) is 0 Å². The van der Waals surface area contributed by atoms with E-state index in [2.05, 4.69) is 6.92 Å². The molecule has 1 N–H and O–H groups in total. The van der Waals surface area contributed by atoms with Crippen molar-refractivity contribution in [2.45, 2.75) is 32.6 Å². The predicted octanol–water partition coefficient (Wildman–Crippen LogP) is 4.65. The number of carboxylic acids is 1. The van der Waals surface area contributed by atoms with Crippen molar-refractivity contribution < 1.29 is 14.6 Å². The van der Waals surface area contributed by atoms with Crippen molar-refractivity contribution in [2.75, 3.05) is 6.61 Å². The highest BCUT2D eigenvalue weighted by molar-refractivity contribution is 6.36. The summed E-state index contributed by atoms with van der Waals surface area (Å²) in [6, 6.07) is 2.83. The van der Waals surface area contributed by atoms with E-state index in [1.807, 2.05) is 0 Å². The average molecular weight is 291 g/mol. The van der Waals surface area contributed by atoms with Gasteiger partial charge in [-0.1, -0.05) is 49.4 Å². The molecule has 18 heavy (non-hydrogen) atoms. The highest BCUT2D eigenvalue weighted by atomic mass is 35.5. The van der Waals surface area contributed by atoms with Crippen molar-refractivity contribution in [2.24, 2.45) is 0 Å². The molecule has 1 rings (SSSR count). The van der Waals surface area contributed by atoms with Crippen LogP contribution in [0.3, 0.4) is 0 Å². The summed E-state index contributed by atoms with van der Waals surface area (Å²) >= 11 is 11.7. The Kier molecular flexibility index (Phi) is 6.30. The fraction of sp³-hybridized carbons (Fsp3) is 0.462. The first-order chi connectivity index (χ1) is 8.56. The minimum atomic E-state index is -1.09. The maximum absolute atomic E-state index is 11.1. The minimum Gasteiger partial charge on any atom is -0.491 e. The molecule has 3 nitrogen and oxygen atoms in total. The second-order valence-electron chi connectivity index (χ2n) is 3.98. The molecule has 0 aliphatic heterocycles. The largest absolute Gasteiger partial charge is 0.491 e. The van der Waals surface area contributed by atoms with E-state index in [-0.39, 0.29) is 21.4 Å². The first kappa shape index (κ1) is 15.1. The SMILES string of the molecule is CCCCCCOc1c(Cl)cc(Cl)cc1C(=O)O. The number of rotatable bonds is 7. The fourth-order valence-electron chi connectivity index (χ4n) is 1.57. The number of halogens is 2. The van der Waals surface area contributed by atoms with E-state index in [0.29, 0.717) is 6.61 Å². The second kappa shape index (κ2) is 7.49. The number of hydrogen-bond acceptors (Lipinski definition) is 2. The van der Waals surface area contributed by atoms with Crippen LogP contribution in [0, 0.1) is 0 Å². The van der Waals surface area contributed by atoms with E-state index < -0.39 is 5.97 Å². The molecule has 0 atom stereocenters. The van der Waals surface area contributed by atoms with Gasteiger partial charge in [0.2, 0.25) is 0 Å². The summed E-state index contributed by atoms with van der Waals surface area (Å²) in [6.45, 7) is 2.58. The monoisotopic (exact) mass is 290 g/mol. The molecule has 0 amide bonds. The summed E-state index contributed by atoms with van der Waals surface area (Å²) in [6.07, 6.45) is 4.22. The molecule has 0 spiro atoms. The first-order valence-corrected chi connectivity index (χ1v) is 6.67. The van der Waals surface area contributed by atoms with E-state index >= 15 is 0 Å². The fourth-order valence-corrected chi connectivity index (χ4v) is 2.12. The zero-order valence-corrected chi connectivity index (χ0v) is 11.7. The number of ether oxygens (including phenoxy) is 1. The summed E-state index contributed by atoms with van der Waals surface area (Å²) in [5.41, 5.74) is 0.00277. The molecule has 0 aromatic heterocycles. The average Bonchev–Trinajstić information content (AvgIpc) is 2.30. The predicted molar refractivity (Wildman–Crippen MR) is 73.1 cm³/mol. The molecule has 0 unspecified atom stereocenters. The molecule has 0 heterocycles. The second-order valence-corrected chi connectivity index (χ2v) is 4.82. The van der Waals surface area contributed by atoms with Crippen LogP contribution >= 0.6 is 23.2 Å². The van der Waals surface area contributed by atoms with Crippen LogP contribution in [0.2, 0.25) is 10.0 Å². The topological polar surface area (TPSA) is 46.5 Å². The van der Waals surface area contributed by atoms with Gasteiger partial charge in [-0.15, -0.1) is 0 Å². The maximum atomic E-state index is 11.1. The number of benzene rings is 1. The van der Waals surface area contributed by atoms with Crippen LogP contribution < -0.4 is 4.74 Å². The van der Waals surface area contributed by atoms with Crippen LogP contribution in [0.4, 0.5) is 0 Å². The Labute approximate surface area is 117 Å². The quantitative estimate of drug-likeness (QED) is 0.744. The lowest BCUT2D eigenvalue weighted by Gasteiger charge is -2.11. The van der Waals surface area contributed by atoms with Crippen LogP contribution in [-0.4, -0.2) is 17.7 Å². The molecule has 1 aromatic rings. The van der Waals surface area contributed by atoms with Gasteiger partial charge in [0.25, 0.3) is 0 Å². The molecule has 0 bridgehead atoms. The molecule has 0 aliphatic carbocycles. The van der Waals surface area contributed by atoms with Gasteiger partial charge in [0.05, 0.1) is 11.6 Å². The van der Waals surface area contributed by atoms with Crippen molar-refractivity contribution >= 4 is 29.2 Å². The summed E-state index contributed by atoms with van der Waals surface area (Å²) < 4.78 is 5.46. The van der Waals surface area contributed by atoms with Crippen LogP contribution in [0.5, 0.6) is 5.75 Å². The van der Waals surface area contributed by atoms with Gasteiger partial charge in [-0.2, -0.15) is 0 Å². The maximum Gasteiger partial charge on any atom is 0.339 e. The molecule has 0 saturated heterocycles. The van der Waals surface area contributed by atoms with Gasteiger partial charge < -0.3 is 9.84 Å². The number of carbonyl (C=O) groups is 1. The van der Waals surface area contributed by atoms with Crippen LogP contribution in [0.25, 0.3) is 0 Å². The van der Waals surface area contributed by atoms with Crippen LogP contribution in [-0.2, 0) is 0 Å². The third kappa shape index (κ3) is 4.39. The van der Waals surface area contributed by atoms with Gasteiger partial charge in [-0.25, -0.2) is 4.79 Å². The Morgan fingerprint density at radius 1 is 1.28 bits per heavy atom. The Hall–Kier alpha value is -0.930. The zero-order valence-electron chi connectivity index (χ0n) is 10.2. The van der Waals surface area contributed by atoms with Gasteiger partial charge >= 0.3 is 5.97 Å². The molecule has 0 saturated carbocycles. The van der Waals surface area contributed by atoms with E-state index in [4.69, 9.17) is 33.0 Å². The van der Waals surface area contributed by atoms with Crippen molar-refractivity contribution in [3.8, 4) is 5.75 Å². The molecular formula is C13H16Cl2O3. The number of unbranched alkanes of at least 4 members (excludes halogenated alkanes) is 3. The normalized spacial score (nSPS) is 10.4. The van der Waals surface area contributed by atoms with Crippen LogP contribution in [0.15, 0.2) is 12.1 Å². The van der Waals surface area contributed by atoms with E-state index in [9.17, 15) is 4.79 Å². The minimum absolute atomic E-state index is 0.00277. The van der Waals surface area contributed by atoms with Gasteiger partial charge in [-0.05, 0) is 18.6 Å². The number of hydrogen-bond donors (Lipinski definition) is 1. The lowest BCUT2D eigenvalue weighted by molar-refractivity contribution is 0.0692. The smallest absolute Gasteiger partial charge is 0.339 e. The Morgan fingerprint density at radius 2 is 2.00 bits per heavy atom. The molecule has 100 valence electrons. The molecular weight excluding hydrogens is 275 g/mol. The molecule has 5 heteroatoms. The highest BCUT2D eigenvalue weighted by Gasteiger charge is 2.16. The molecule has 1 aromatic carbocycles. The molecule has 0 radical (unpaired) electrons. The highest BCUT2D eigenvalue weighted by Crippen LogP contribution is 2.32. The van der Waals surface area contributed by atoms with Crippen molar-refractivity contribution in [1.82, 2.24) is 0 Å². The summed E-state index contributed by atoms with van der Waals surface area (Å²) in [5, 5.41) is 9.58. The molecule has 0 fully saturated rings. The van der Waals surface area contributed by atoms with Crippen molar-refractivity contribution in [3.63, 3.8) is 0 Å². The third-order valence-corrected chi connectivity index (χ3v) is 2.98. The van der Waals surface area contributed by atoms with Crippen molar-refractivity contribution in [1.29, 1.82) is 0 Å². The summed E-state index contributed by atoms with van der Waals surface area (Å²) in [4.78, 5) is 11.1. The Bertz CT molecular complexity index is 419. The van der Waals surface area contributed by atoms with E-state index in [1.54, 1.807) is 0 Å². The number of aromatic carboxylic acids is 1. The summed E-state index contributed by atoms with van der Waals surface area (Å²) in [5.74, 6) is -0.895. The van der Waals surface area contributed by atoms with Crippen molar-refractivity contribution in [3.05, 3.63) is 27.7 Å². The first-order valence-electron chi connectivity index (χ1n) is 5.91. The standard InChI is InChI=1S/C13H16Cl2O3/c1-2-3-4-5-6-18-12-10(13(16)17)7-9(14)8-11(12)15/h7-8H,2-6H2,1H3,(H,16,17). The molecule has 0 aliphatic rings.